The van der Waals surface area contributed by atoms with Gasteiger partial charge in [-0.1, -0.05) is 13.0 Å². The summed E-state index contributed by atoms with van der Waals surface area (Å²) in [5.74, 6) is 0.863. The van der Waals surface area contributed by atoms with Crippen LogP contribution in [0.5, 0.6) is 0 Å². The number of hydrogen-bond donors (Lipinski definition) is 1. The molecule has 102 valence electrons. The molecule has 0 fully saturated rings. The van der Waals surface area contributed by atoms with Crippen LogP contribution in [0.1, 0.15) is 18.2 Å². The summed E-state index contributed by atoms with van der Waals surface area (Å²) >= 11 is 0. The molecular formula is C14H20N4O. The Morgan fingerprint density at radius 2 is 2.26 bits per heavy atom. The molecule has 2 aromatic rings. The molecule has 0 aromatic carbocycles. The molecule has 0 aliphatic heterocycles. The van der Waals surface area contributed by atoms with E-state index in [2.05, 4.69) is 22.3 Å². The first-order valence-corrected chi connectivity index (χ1v) is 6.53. The van der Waals surface area contributed by atoms with Crippen molar-refractivity contribution in [1.82, 2.24) is 20.1 Å². The van der Waals surface area contributed by atoms with Crippen molar-refractivity contribution in [1.29, 1.82) is 0 Å². The number of aromatic nitrogens is 3. The minimum absolute atomic E-state index is 0.718. The second kappa shape index (κ2) is 7.01. The fourth-order valence-electron chi connectivity index (χ4n) is 2.01. The summed E-state index contributed by atoms with van der Waals surface area (Å²) in [6.45, 7) is 4.50. The SMILES string of the molecule is CCc1c(CNCCOC)cnn1-c1ccccn1. The van der Waals surface area contributed by atoms with Crippen molar-refractivity contribution in [2.75, 3.05) is 20.3 Å². The van der Waals surface area contributed by atoms with Gasteiger partial charge in [0.05, 0.1) is 18.5 Å². The van der Waals surface area contributed by atoms with Gasteiger partial charge in [0.1, 0.15) is 0 Å². The van der Waals surface area contributed by atoms with Crippen LogP contribution in [0.15, 0.2) is 30.6 Å². The average Bonchev–Trinajstić information content (AvgIpc) is 2.87. The van der Waals surface area contributed by atoms with Gasteiger partial charge in [-0.05, 0) is 18.6 Å². The van der Waals surface area contributed by atoms with E-state index in [1.807, 2.05) is 29.1 Å². The Kier molecular flexibility index (Phi) is 5.06. The zero-order chi connectivity index (χ0) is 13.5. The molecule has 5 heteroatoms. The molecule has 2 aromatic heterocycles. The van der Waals surface area contributed by atoms with Crippen molar-refractivity contribution in [3.05, 3.63) is 41.9 Å². The maximum Gasteiger partial charge on any atom is 0.153 e. The van der Waals surface area contributed by atoms with Gasteiger partial charge in [-0.25, -0.2) is 9.67 Å². The largest absolute Gasteiger partial charge is 0.383 e. The monoisotopic (exact) mass is 260 g/mol. The van der Waals surface area contributed by atoms with Crippen molar-refractivity contribution in [2.24, 2.45) is 0 Å². The van der Waals surface area contributed by atoms with Crippen molar-refractivity contribution < 1.29 is 4.74 Å². The van der Waals surface area contributed by atoms with E-state index in [1.54, 1.807) is 13.3 Å². The summed E-state index contributed by atoms with van der Waals surface area (Å²) in [6.07, 6.45) is 4.62. The van der Waals surface area contributed by atoms with Crippen LogP contribution in [0.2, 0.25) is 0 Å². The van der Waals surface area contributed by atoms with Crippen molar-refractivity contribution in [3.63, 3.8) is 0 Å². The Labute approximate surface area is 113 Å². The number of hydrogen-bond acceptors (Lipinski definition) is 4. The summed E-state index contributed by atoms with van der Waals surface area (Å²) in [4.78, 5) is 4.34. The van der Waals surface area contributed by atoms with E-state index in [1.165, 1.54) is 11.3 Å². The van der Waals surface area contributed by atoms with Gasteiger partial charge in [-0.2, -0.15) is 5.10 Å². The lowest BCUT2D eigenvalue weighted by Gasteiger charge is -2.07. The van der Waals surface area contributed by atoms with E-state index >= 15 is 0 Å². The molecule has 0 unspecified atom stereocenters. The normalized spacial score (nSPS) is 10.8. The summed E-state index contributed by atoms with van der Waals surface area (Å²) < 4.78 is 6.93. The van der Waals surface area contributed by atoms with Crippen LogP contribution in [-0.4, -0.2) is 35.0 Å². The predicted octanol–water partition coefficient (Wildman–Crippen LogP) is 1.57. The molecule has 0 saturated heterocycles. The Balaban J connectivity index is 2.12. The summed E-state index contributed by atoms with van der Waals surface area (Å²) in [6, 6.07) is 5.85. The Morgan fingerprint density at radius 1 is 1.37 bits per heavy atom. The highest BCUT2D eigenvalue weighted by molar-refractivity contribution is 5.28. The van der Waals surface area contributed by atoms with E-state index < -0.39 is 0 Å². The van der Waals surface area contributed by atoms with Gasteiger partial charge in [0.25, 0.3) is 0 Å². The lowest BCUT2D eigenvalue weighted by atomic mass is 10.2. The predicted molar refractivity (Wildman–Crippen MR) is 74.3 cm³/mol. The van der Waals surface area contributed by atoms with Crippen LogP contribution >= 0.6 is 0 Å². The number of pyridine rings is 1. The summed E-state index contributed by atoms with van der Waals surface area (Å²) in [5, 5.41) is 7.78. The molecule has 1 N–H and O–H groups in total. The van der Waals surface area contributed by atoms with Gasteiger partial charge < -0.3 is 10.1 Å². The van der Waals surface area contributed by atoms with Crippen LogP contribution in [0, 0.1) is 0 Å². The van der Waals surface area contributed by atoms with Gasteiger partial charge in [0, 0.05) is 32.0 Å². The Hall–Kier alpha value is -1.72. The van der Waals surface area contributed by atoms with Crippen LogP contribution in [0.3, 0.4) is 0 Å². The quantitative estimate of drug-likeness (QED) is 0.768. The molecule has 0 atom stereocenters. The fourth-order valence-corrected chi connectivity index (χ4v) is 2.01. The molecule has 0 aliphatic rings. The standard InChI is InChI=1S/C14H20N4O/c1-3-13-12(10-15-8-9-19-2)11-17-18(13)14-6-4-5-7-16-14/h4-7,11,15H,3,8-10H2,1-2H3. The second-order valence-electron chi connectivity index (χ2n) is 4.24. The molecule has 0 saturated carbocycles. The molecule has 0 amide bonds. The molecule has 2 rings (SSSR count). The first kappa shape index (κ1) is 13.7. The highest BCUT2D eigenvalue weighted by Crippen LogP contribution is 2.13. The minimum Gasteiger partial charge on any atom is -0.383 e. The topological polar surface area (TPSA) is 52.0 Å². The number of methoxy groups -OCH3 is 1. The van der Waals surface area contributed by atoms with E-state index in [-0.39, 0.29) is 0 Å². The van der Waals surface area contributed by atoms with Gasteiger partial charge in [-0.3, -0.25) is 0 Å². The number of rotatable bonds is 7. The molecule has 0 bridgehead atoms. The molecule has 5 nitrogen and oxygen atoms in total. The van der Waals surface area contributed by atoms with E-state index in [0.717, 1.165) is 31.9 Å². The minimum atomic E-state index is 0.718. The lowest BCUT2D eigenvalue weighted by Crippen LogP contribution is -2.19. The smallest absolute Gasteiger partial charge is 0.153 e. The zero-order valence-electron chi connectivity index (χ0n) is 11.5. The van der Waals surface area contributed by atoms with Crippen LogP contribution < -0.4 is 5.32 Å². The van der Waals surface area contributed by atoms with Gasteiger partial charge in [-0.15, -0.1) is 0 Å². The maximum atomic E-state index is 5.02. The first-order chi connectivity index (χ1) is 9.36. The van der Waals surface area contributed by atoms with Crippen LogP contribution in [0.25, 0.3) is 5.82 Å². The molecule has 2 heterocycles. The van der Waals surface area contributed by atoms with E-state index in [4.69, 9.17) is 4.74 Å². The molecular weight excluding hydrogens is 240 g/mol. The number of nitrogens with zero attached hydrogens (tertiary/aromatic N) is 3. The first-order valence-electron chi connectivity index (χ1n) is 6.53. The van der Waals surface area contributed by atoms with Crippen LogP contribution in [0.4, 0.5) is 0 Å². The van der Waals surface area contributed by atoms with Crippen molar-refractivity contribution in [3.8, 4) is 5.82 Å². The maximum absolute atomic E-state index is 5.02. The van der Waals surface area contributed by atoms with Gasteiger partial charge in [0.15, 0.2) is 5.82 Å². The lowest BCUT2D eigenvalue weighted by molar-refractivity contribution is 0.199. The van der Waals surface area contributed by atoms with Crippen LogP contribution in [-0.2, 0) is 17.7 Å². The highest BCUT2D eigenvalue weighted by atomic mass is 16.5. The molecule has 0 aliphatic carbocycles. The number of nitrogens with one attached hydrogen (secondary N) is 1. The zero-order valence-corrected chi connectivity index (χ0v) is 11.5. The molecule has 0 spiro atoms. The highest BCUT2D eigenvalue weighted by Gasteiger charge is 2.10. The average molecular weight is 260 g/mol. The Bertz CT molecular complexity index is 495. The third kappa shape index (κ3) is 3.39. The van der Waals surface area contributed by atoms with Crippen molar-refractivity contribution in [2.45, 2.75) is 19.9 Å². The summed E-state index contributed by atoms with van der Waals surface area (Å²) in [7, 11) is 1.71. The van der Waals surface area contributed by atoms with Crippen molar-refractivity contribution >= 4 is 0 Å². The Morgan fingerprint density at radius 3 is 2.95 bits per heavy atom. The van der Waals surface area contributed by atoms with Gasteiger partial charge >= 0.3 is 0 Å². The molecule has 0 radical (unpaired) electrons. The fraction of sp³-hybridized carbons (Fsp3) is 0.429. The molecule has 19 heavy (non-hydrogen) atoms. The van der Waals surface area contributed by atoms with Gasteiger partial charge in [0.2, 0.25) is 0 Å². The summed E-state index contributed by atoms with van der Waals surface area (Å²) in [5.41, 5.74) is 2.41. The third-order valence-electron chi connectivity index (χ3n) is 2.95. The van der Waals surface area contributed by atoms with E-state index in [9.17, 15) is 0 Å². The third-order valence-corrected chi connectivity index (χ3v) is 2.95. The van der Waals surface area contributed by atoms with E-state index in [0.29, 0.717) is 0 Å². The second-order valence-corrected chi connectivity index (χ2v) is 4.24. The number of ether oxygens (including phenoxy) is 1.